The van der Waals surface area contributed by atoms with Gasteiger partial charge in [-0.1, -0.05) is 0 Å². The Balaban J connectivity index is 2.22. The zero-order chi connectivity index (χ0) is 12.3. The molecule has 17 heavy (non-hydrogen) atoms. The van der Waals surface area contributed by atoms with Crippen LogP contribution in [0.1, 0.15) is 5.69 Å². The molecule has 4 nitrogen and oxygen atoms in total. The Hall–Kier alpha value is -2.23. The van der Waals surface area contributed by atoms with Crippen molar-refractivity contribution in [1.82, 2.24) is 4.98 Å². The van der Waals surface area contributed by atoms with Crippen LogP contribution in [0.3, 0.4) is 0 Å². The van der Waals surface area contributed by atoms with Gasteiger partial charge in [-0.2, -0.15) is 0 Å². The normalized spacial score (nSPS) is 10.0. The van der Waals surface area contributed by atoms with Crippen molar-refractivity contribution in [3.63, 3.8) is 0 Å². The van der Waals surface area contributed by atoms with E-state index < -0.39 is 0 Å². The summed E-state index contributed by atoms with van der Waals surface area (Å²) in [5.41, 5.74) is 7.26. The van der Waals surface area contributed by atoms with Crippen LogP contribution in [0, 0.1) is 6.92 Å². The summed E-state index contributed by atoms with van der Waals surface area (Å²) < 4.78 is 10.7. The third-order valence-corrected chi connectivity index (χ3v) is 2.30. The molecule has 0 aliphatic heterocycles. The molecule has 2 N–H and O–H groups in total. The van der Waals surface area contributed by atoms with E-state index in [4.69, 9.17) is 15.2 Å². The third-order valence-electron chi connectivity index (χ3n) is 2.30. The standard InChI is InChI=1S/C13H14N2O2/c1-9-7-11(5-6-15-9)17-10-3-4-13(16-2)12(14)8-10/h3-8H,14H2,1-2H3. The van der Waals surface area contributed by atoms with E-state index >= 15 is 0 Å². The Morgan fingerprint density at radius 3 is 2.53 bits per heavy atom. The molecule has 4 heteroatoms. The molecule has 0 saturated heterocycles. The second-order valence-corrected chi connectivity index (χ2v) is 3.64. The number of aryl methyl sites for hydroxylation is 1. The van der Waals surface area contributed by atoms with Crippen LogP contribution in [0.25, 0.3) is 0 Å². The molecule has 0 fully saturated rings. The van der Waals surface area contributed by atoms with Crippen LogP contribution < -0.4 is 15.2 Å². The lowest BCUT2D eigenvalue weighted by Gasteiger charge is -2.09. The Kier molecular flexibility index (Phi) is 3.14. The maximum absolute atomic E-state index is 5.80. The lowest BCUT2D eigenvalue weighted by atomic mass is 10.3. The molecule has 0 radical (unpaired) electrons. The molecule has 0 aliphatic carbocycles. The molecule has 0 aliphatic rings. The number of nitrogens with zero attached hydrogens (tertiary/aromatic N) is 1. The lowest BCUT2D eigenvalue weighted by Crippen LogP contribution is -1.93. The van der Waals surface area contributed by atoms with Crippen molar-refractivity contribution < 1.29 is 9.47 Å². The average molecular weight is 230 g/mol. The first-order valence-corrected chi connectivity index (χ1v) is 5.23. The van der Waals surface area contributed by atoms with Crippen molar-refractivity contribution in [1.29, 1.82) is 0 Å². The van der Waals surface area contributed by atoms with Gasteiger partial charge >= 0.3 is 0 Å². The predicted molar refractivity (Wildman–Crippen MR) is 66.5 cm³/mol. The largest absolute Gasteiger partial charge is 0.495 e. The smallest absolute Gasteiger partial charge is 0.142 e. The first kappa shape index (κ1) is 11.3. The molecule has 1 aromatic carbocycles. The third kappa shape index (κ3) is 2.66. The van der Waals surface area contributed by atoms with Gasteiger partial charge in [-0.3, -0.25) is 4.98 Å². The molecule has 0 atom stereocenters. The van der Waals surface area contributed by atoms with E-state index in [1.807, 2.05) is 19.1 Å². The molecule has 0 spiro atoms. The Morgan fingerprint density at radius 1 is 1.12 bits per heavy atom. The number of nitrogen functional groups attached to an aromatic ring is 1. The number of benzene rings is 1. The maximum atomic E-state index is 5.80. The predicted octanol–water partition coefficient (Wildman–Crippen LogP) is 2.77. The summed E-state index contributed by atoms with van der Waals surface area (Å²) >= 11 is 0. The van der Waals surface area contributed by atoms with Crippen LogP contribution in [0.5, 0.6) is 17.2 Å². The molecule has 2 rings (SSSR count). The van der Waals surface area contributed by atoms with E-state index in [-0.39, 0.29) is 0 Å². The van der Waals surface area contributed by atoms with Gasteiger partial charge < -0.3 is 15.2 Å². The van der Waals surface area contributed by atoms with Gasteiger partial charge in [0, 0.05) is 24.0 Å². The number of aromatic nitrogens is 1. The number of nitrogens with two attached hydrogens (primary N) is 1. The fraction of sp³-hybridized carbons (Fsp3) is 0.154. The molecule has 88 valence electrons. The molecular formula is C13H14N2O2. The summed E-state index contributed by atoms with van der Waals surface area (Å²) in [7, 11) is 1.58. The topological polar surface area (TPSA) is 57.4 Å². The highest BCUT2D eigenvalue weighted by Gasteiger charge is 2.03. The van der Waals surface area contributed by atoms with Gasteiger partial charge in [-0.05, 0) is 25.1 Å². The number of hydrogen-bond donors (Lipinski definition) is 1. The molecule has 0 unspecified atom stereocenters. The minimum Gasteiger partial charge on any atom is -0.495 e. The van der Waals surface area contributed by atoms with E-state index in [0.717, 1.165) is 11.4 Å². The van der Waals surface area contributed by atoms with E-state index in [2.05, 4.69) is 4.98 Å². The van der Waals surface area contributed by atoms with Gasteiger partial charge in [0.15, 0.2) is 0 Å². The van der Waals surface area contributed by atoms with Gasteiger partial charge in [0.2, 0.25) is 0 Å². The summed E-state index contributed by atoms with van der Waals surface area (Å²) in [5, 5.41) is 0. The first-order valence-electron chi connectivity index (χ1n) is 5.23. The van der Waals surface area contributed by atoms with Gasteiger partial charge in [0.25, 0.3) is 0 Å². The molecule has 0 saturated carbocycles. The van der Waals surface area contributed by atoms with Crippen LogP contribution in [0.15, 0.2) is 36.5 Å². The van der Waals surface area contributed by atoms with Crippen LogP contribution in [-0.4, -0.2) is 12.1 Å². The van der Waals surface area contributed by atoms with E-state index in [1.54, 1.807) is 31.5 Å². The van der Waals surface area contributed by atoms with Crippen molar-refractivity contribution in [3.05, 3.63) is 42.2 Å². The minimum atomic E-state index is 0.552. The fourth-order valence-electron chi connectivity index (χ4n) is 1.50. The van der Waals surface area contributed by atoms with Crippen LogP contribution >= 0.6 is 0 Å². The summed E-state index contributed by atoms with van der Waals surface area (Å²) in [6, 6.07) is 8.98. The van der Waals surface area contributed by atoms with Crippen LogP contribution in [0.4, 0.5) is 5.69 Å². The quantitative estimate of drug-likeness (QED) is 0.824. The van der Waals surface area contributed by atoms with Crippen molar-refractivity contribution in [2.75, 3.05) is 12.8 Å². The fourth-order valence-corrected chi connectivity index (χ4v) is 1.50. The Labute approximate surface area is 100 Å². The molecule has 2 aromatic rings. The van der Waals surface area contributed by atoms with Gasteiger partial charge in [-0.15, -0.1) is 0 Å². The van der Waals surface area contributed by atoms with Crippen molar-refractivity contribution in [2.45, 2.75) is 6.92 Å². The number of hydrogen-bond acceptors (Lipinski definition) is 4. The van der Waals surface area contributed by atoms with Crippen molar-refractivity contribution in [2.24, 2.45) is 0 Å². The van der Waals surface area contributed by atoms with E-state index in [0.29, 0.717) is 17.2 Å². The average Bonchev–Trinajstić information content (AvgIpc) is 2.29. The van der Waals surface area contributed by atoms with Gasteiger partial charge in [0.05, 0.1) is 12.8 Å². The first-order chi connectivity index (χ1) is 8.19. The zero-order valence-corrected chi connectivity index (χ0v) is 9.81. The number of rotatable bonds is 3. The van der Waals surface area contributed by atoms with E-state index in [9.17, 15) is 0 Å². The zero-order valence-electron chi connectivity index (χ0n) is 9.81. The molecule has 1 aromatic heterocycles. The summed E-state index contributed by atoms with van der Waals surface area (Å²) in [4.78, 5) is 4.10. The van der Waals surface area contributed by atoms with E-state index in [1.165, 1.54) is 0 Å². The number of methoxy groups -OCH3 is 1. The number of pyridine rings is 1. The maximum Gasteiger partial charge on any atom is 0.142 e. The number of anilines is 1. The van der Waals surface area contributed by atoms with Gasteiger partial charge in [-0.25, -0.2) is 0 Å². The van der Waals surface area contributed by atoms with Crippen LogP contribution in [-0.2, 0) is 0 Å². The second-order valence-electron chi connectivity index (χ2n) is 3.64. The molecule has 0 amide bonds. The Bertz CT molecular complexity index is 527. The highest BCUT2D eigenvalue weighted by atomic mass is 16.5. The minimum absolute atomic E-state index is 0.552. The Morgan fingerprint density at radius 2 is 1.88 bits per heavy atom. The van der Waals surface area contributed by atoms with Crippen LogP contribution in [0.2, 0.25) is 0 Å². The molecular weight excluding hydrogens is 216 g/mol. The molecule has 1 heterocycles. The second kappa shape index (κ2) is 4.74. The highest BCUT2D eigenvalue weighted by Crippen LogP contribution is 2.29. The van der Waals surface area contributed by atoms with Crippen molar-refractivity contribution in [3.8, 4) is 17.2 Å². The van der Waals surface area contributed by atoms with Gasteiger partial charge in [0.1, 0.15) is 17.2 Å². The summed E-state index contributed by atoms with van der Waals surface area (Å²) in [5.74, 6) is 2.05. The lowest BCUT2D eigenvalue weighted by molar-refractivity contribution is 0.415. The SMILES string of the molecule is COc1ccc(Oc2ccnc(C)c2)cc1N. The highest BCUT2D eigenvalue weighted by molar-refractivity contribution is 5.56. The molecule has 0 bridgehead atoms. The summed E-state index contributed by atoms with van der Waals surface area (Å²) in [6.45, 7) is 1.91. The number of ether oxygens (including phenoxy) is 2. The monoisotopic (exact) mass is 230 g/mol. The summed E-state index contributed by atoms with van der Waals surface area (Å²) in [6.07, 6.45) is 1.71. The van der Waals surface area contributed by atoms with Crippen molar-refractivity contribution >= 4 is 5.69 Å².